The molecular formula is C11H21ClN4. The second-order valence-corrected chi connectivity index (χ2v) is 4.67. The van der Waals surface area contributed by atoms with Crippen molar-refractivity contribution in [1.29, 1.82) is 0 Å². The number of aromatic nitrogens is 2. The van der Waals surface area contributed by atoms with Crippen molar-refractivity contribution in [3.8, 4) is 0 Å². The first-order valence-corrected chi connectivity index (χ1v) is 5.60. The number of hydrogen-bond acceptors (Lipinski definition) is 3. The van der Waals surface area contributed by atoms with Gasteiger partial charge in [0.05, 0.1) is 6.20 Å². The molecule has 2 atom stereocenters. The van der Waals surface area contributed by atoms with Gasteiger partial charge in [0.1, 0.15) is 0 Å². The highest BCUT2D eigenvalue weighted by Gasteiger charge is 2.25. The molecule has 2 unspecified atom stereocenters. The van der Waals surface area contributed by atoms with E-state index in [9.17, 15) is 0 Å². The summed E-state index contributed by atoms with van der Waals surface area (Å²) in [5.74, 6) is 0.668. The van der Waals surface area contributed by atoms with Crippen molar-refractivity contribution in [3.63, 3.8) is 0 Å². The van der Waals surface area contributed by atoms with Crippen molar-refractivity contribution < 1.29 is 0 Å². The third-order valence-electron chi connectivity index (χ3n) is 3.22. The lowest BCUT2D eigenvalue weighted by molar-refractivity contribution is 0.308. The molecule has 1 aliphatic rings. The van der Waals surface area contributed by atoms with Crippen molar-refractivity contribution in [2.75, 3.05) is 13.1 Å². The number of hydrogen-bond donors (Lipinski definition) is 1. The third kappa shape index (κ3) is 3.20. The largest absolute Gasteiger partial charge is 0.328 e. The fourth-order valence-corrected chi connectivity index (χ4v) is 2.25. The zero-order chi connectivity index (χ0) is 10.8. The van der Waals surface area contributed by atoms with Gasteiger partial charge in [0.25, 0.3) is 0 Å². The highest BCUT2D eigenvalue weighted by Crippen LogP contribution is 2.20. The average Bonchev–Trinajstić information content (AvgIpc) is 2.76. The third-order valence-corrected chi connectivity index (χ3v) is 3.22. The molecule has 0 saturated carbocycles. The molecule has 0 aliphatic carbocycles. The quantitative estimate of drug-likeness (QED) is 0.864. The normalized spacial score (nSPS) is 23.1. The molecule has 1 aromatic heterocycles. The van der Waals surface area contributed by atoms with Crippen molar-refractivity contribution >= 4 is 12.4 Å². The van der Waals surface area contributed by atoms with Crippen LogP contribution >= 0.6 is 12.4 Å². The van der Waals surface area contributed by atoms with Gasteiger partial charge < -0.3 is 5.73 Å². The molecule has 0 radical (unpaired) electrons. The van der Waals surface area contributed by atoms with Crippen molar-refractivity contribution in [3.05, 3.63) is 18.0 Å². The lowest BCUT2D eigenvalue weighted by Gasteiger charge is -2.16. The van der Waals surface area contributed by atoms with Crippen molar-refractivity contribution in [2.45, 2.75) is 25.9 Å². The minimum atomic E-state index is 0. The van der Waals surface area contributed by atoms with Crippen LogP contribution in [0.1, 0.15) is 18.9 Å². The standard InChI is InChI=1S/C11H20N4.ClH/c1-9(12)11-3-4-15(8-11)7-10-5-13-14(2)6-10;/h5-6,9,11H,3-4,7-8,12H2,1-2H3;1H. The predicted molar refractivity (Wildman–Crippen MR) is 67.5 cm³/mol. The summed E-state index contributed by atoms with van der Waals surface area (Å²) in [5, 5.41) is 4.18. The first-order chi connectivity index (χ1) is 7.15. The Bertz CT molecular complexity index is 324. The van der Waals surface area contributed by atoms with Crippen LogP contribution in [0.25, 0.3) is 0 Å². The van der Waals surface area contributed by atoms with E-state index in [0.717, 1.165) is 13.1 Å². The van der Waals surface area contributed by atoms with Crippen LogP contribution in [0.5, 0.6) is 0 Å². The van der Waals surface area contributed by atoms with Crippen LogP contribution in [0.15, 0.2) is 12.4 Å². The van der Waals surface area contributed by atoms with Gasteiger partial charge in [-0.1, -0.05) is 0 Å². The van der Waals surface area contributed by atoms with Gasteiger partial charge >= 0.3 is 0 Å². The maximum atomic E-state index is 5.91. The molecule has 2 heterocycles. The fourth-order valence-electron chi connectivity index (χ4n) is 2.25. The van der Waals surface area contributed by atoms with Crippen LogP contribution in [-0.2, 0) is 13.6 Å². The molecule has 2 N–H and O–H groups in total. The second-order valence-electron chi connectivity index (χ2n) is 4.67. The van der Waals surface area contributed by atoms with Crippen LogP contribution in [0.2, 0.25) is 0 Å². The van der Waals surface area contributed by atoms with Crippen LogP contribution in [0.4, 0.5) is 0 Å². The first kappa shape index (κ1) is 13.5. The van der Waals surface area contributed by atoms with E-state index in [2.05, 4.69) is 23.1 Å². The summed E-state index contributed by atoms with van der Waals surface area (Å²) in [6, 6.07) is 0.323. The van der Waals surface area contributed by atoms with Crippen LogP contribution < -0.4 is 5.73 Å². The number of nitrogens with zero attached hydrogens (tertiary/aromatic N) is 3. The molecule has 0 amide bonds. The lowest BCUT2D eigenvalue weighted by Crippen LogP contribution is -2.29. The van der Waals surface area contributed by atoms with Gasteiger partial charge in [-0.3, -0.25) is 9.58 Å². The Labute approximate surface area is 103 Å². The Morgan fingerprint density at radius 2 is 2.38 bits per heavy atom. The fraction of sp³-hybridized carbons (Fsp3) is 0.727. The molecular weight excluding hydrogens is 224 g/mol. The van der Waals surface area contributed by atoms with E-state index in [-0.39, 0.29) is 12.4 Å². The monoisotopic (exact) mass is 244 g/mol. The number of rotatable bonds is 3. The summed E-state index contributed by atoms with van der Waals surface area (Å²) in [4.78, 5) is 2.46. The number of halogens is 1. The van der Waals surface area contributed by atoms with E-state index in [0.29, 0.717) is 12.0 Å². The Hall–Kier alpha value is -0.580. The summed E-state index contributed by atoms with van der Waals surface area (Å²) in [6.07, 6.45) is 5.26. The number of aryl methyl sites for hydroxylation is 1. The zero-order valence-corrected chi connectivity index (χ0v) is 10.8. The predicted octanol–water partition coefficient (Wildman–Crippen LogP) is 1.01. The molecule has 5 heteroatoms. The van der Waals surface area contributed by atoms with Gasteiger partial charge in [-0.25, -0.2) is 0 Å². The summed E-state index contributed by atoms with van der Waals surface area (Å²) in [7, 11) is 1.96. The Morgan fingerprint density at radius 1 is 1.62 bits per heavy atom. The van der Waals surface area contributed by atoms with Crippen molar-refractivity contribution in [1.82, 2.24) is 14.7 Å². The molecule has 0 aromatic carbocycles. The van der Waals surface area contributed by atoms with Crippen LogP contribution in [-0.4, -0.2) is 33.8 Å². The van der Waals surface area contributed by atoms with Gasteiger partial charge in [0.2, 0.25) is 0 Å². The molecule has 1 aliphatic heterocycles. The van der Waals surface area contributed by atoms with Gasteiger partial charge in [0, 0.05) is 37.9 Å². The minimum Gasteiger partial charge on any atom is -0.328 e. The van der Waals surface area contributed by atoms with Crippen molar-refractivity contribution in [2.24, 2.45) is 18.7 Å². The van der Waals surface area contributed by atoms with E-state index < -0.39 is 0 Å². The molecule has 1 saturated heterocycles. The van der Waals surface area contributed by atoms with Gasteiger partial charge in [0.15, 0.2) is 0 Å². The minimum absolute atomic E-state index is 0. The molecule has 1 fully saturated rings. The second kappa shape index (κ2) is 5.66. The summed E-state index contributed by atoms with van der Waals surface area (Å²) < 4.78 is 1.86. The SMILES string of the molecule is CC(N)C1CCN(Cc2cnn(C)c2)C1.Cl. The topological polar surface area (TPSA) is 47.1 Å². The van der Waals surface area contributed by atoms with Gasteiger partial charge in [-0.05, 0) is 25.8 Å². The van der Waals surface area contributed by atoms with E-state index >= 15 is 0 Å². The molecule has 0 spiro atoms. The Morgan fingerprint density at radius 3 is 2.88 bits per heavy atom. The lowest BCUT2D eigenvalue weighted by atomic mass is 10.0. The highest BCUT2D eigenvalue weighted by molar-refractivity contribution is 5.85. The van der Waals surface area contributed by atoms with E-state index in [1.54, 1.807) is 0 Å². The first-order valence-electron chi connectivity index (χ1n) is 5.60. The zero-order valence-electron chi connectivity index (χ0n) is 9.97. The number of likely N-dealkylation sites (tertiary alicyclic amines) is 1. The maximum Gasteiger partial charge on any atom is 0.0534 e. The summed E-state index contributed by atoms with van der Waals surface area (Å²) >= 11 is 0. The Balaban J connectivity index is 0.00000128. The Kier molecular flexibility index (Phi) is 4.77. The maximum absolute atomic E-state index is 5.91. The summed E-state index contributed by atoms with van der Waals surface area (Å²) in [5.41, 5.74) is 7.21. The molecule has 92 valence electrons. The highest BCUT2D eigenvalue weighted by atomic mass is 35.5. The van der Waals surface area contributed by atoms with Crippen LogP contribution in [0, 0.1) is 5.92 Å². The molecule has 2 rings (SSSR count). The number of nitrogens with two attached hydrogens (primary N) is 1. The molecule has 4 nitrogen and oxygen atoms in total. The molecule has 0 bridgehead atoms. The van der Waals surface area contributed by atoms with Gasteiger partial charge in [-0.2, -0.15) is 5.10 Å². The summed E-state index contributed by atoms with van der Waals surface area (Å²) in [6.45, 7) is 5.42. The van der Waals surface area contributed by atoms with Crippen LogP contribution in [0.3, 0.4) is 0 Å². The van der Waals surface area contributed by atoms with E-state index in [4.69, 9.17) is 5.73 Å². The van der Waals surface area contributed by atoms with E-state index in [1.807, 2.05) is 17.9 Å². The molecule has 1 aromatic rings. The smallest absolute Gasteiger partial charge is 0.0534 e. The molecule has 16 heavy (non-hydrogen) atoms. The van der Waals surface area contributed by atoms with Gasteiger partial charge in [-0.15, -0.1) is 12.4 Å². The van der Waals surface area contributed by atoms with E-state index in [1.165, 1.54) is 18.5 Å². The average molecular weight is 245 g/mol.